The molecule has 1 rings (SSSR count). The third-order valence-electron chi connectivity index (χ3n) is 10.6. The van der Waals surface area contributed by atoms with Gasteiger partial charge in [-0.2, -0.15) is 0 Å². The quantitative estimate of drug-likeness (QED) is 0.0341. The van der Waals surface area contributed by atoms with Crippen molar-refractivity contribution in [2.24, 2.45) is 0 Å². The molecule has 0 spiro atoms. The second-order valence-electron chi connectivity index (χ2n) is 15.3. The van der Waals surface area contributed by atoms with Gasteiger partial charge in [0.15, 0.2) is 6.29 Å². The zero-order valence-electron chi connectivity index (χ0n) is 32.7. The van der Waals surface area contributed by atoms with E-state index in [2.05, 4.69) is 19.2 Å². The van der Waals surface area contributed by atoms with Gasteiger partial charge in [-0.3, -0.25) is 4.79 Å². The predicted molar refractivity (Wildman–Crippen MR) is 204 cm³/mol. The van der Waals surface area contributed by atoms with E-state index in [-0.39, 0.29) is 18.9 Å². The SMILES string of the molecule is CCCCCCCCCCCCCCCCCC(=O)N[C@@H](CO[C@@H]1O[C@H](CO)[C@@H](O)C(O)C1O)[C@H](O)[C@H](O)CCCCCCCCCCCCC. The first-order valence-electron chi connectivity index (χ1n) is 21.3. The second-order valence-corrected chi connectivity index (χ2v) is 15.3. The van der Waals surface area contributed by atoms with Crippen LogP contribution in [0.2, 0.25) is 0 Å². The van der Waals surface area contributed by atoms with Gasteiger partial charge < -0.3 is 45.4 Å². The van der Waals surface area contributed by atoms with E-state index in [0.29, 0.717) is 6.42 Å². The number of carbonyl (C=O) groups is 1. The summed E-state index contributed by atoms with van der Waals surface area (Å²) in [6.45, 7) is 3.59. The normalized spacial score (nSPS) is 22.5. The molecule has 0 aliphatic carbocycles. The average Bonchev–Trinajstić information content (AvgIpc) is 3.13. The fraction of sp³-hybridized carbons (Fsp3) is 0.976. The van der Waals surface area contributed by atoms with Gasteiger partial charge in [-0.1, -0.05) is 174 Å². The summed E-state index contributed by atoms with van der Waals surface area (Å²) in [5.41, 5.74) is 0. The Morgan fingerprint density at radius 2 is 1.02 bits per heavy atom. The molecule has 304 valence electrons. The second kappa shape index (κ2) is 32.6. The lowest BCUT2D eigenvalue weighted by atomic mass is 9.98. The van der Waals surface area contributed by atoms with Crippen LogP contribution in [0.4, 0.5) is 0 Å². The van der Waals surface area contributed by atoms with E-state index in [1.54, 1.807) is 0 Å². The van der Waals surface area contributed by atoms with Gasteiger partial charge in [0.2, 0.25) is 5.91 Å². The van der Waals surface area contributed by atoms with Crippen molar-refractivity contribution in [2.45, 2.75) is 243 Å². The van der Waals surface area contributed by atoms with Crippen molar-refractivity contribution in [1.82, 2.24) is 5.32 Å². The minimum atomic E-state index is -1.60. The number of aliphatic hydroxyl groups excluding tert-OH is 6. The van der Waals surface area contributed by atoms with Crippen LogP contribution >= 0.6 is 0 Å². The van der Waals surface area contributed by atoms with E-state index >= 15 is 0 Å². The van der Waals surface area contributed by atoms with Gasteiger partial charge in [0.25, 0.3) is 0 Å². The summed E-state index contributed by atoms with van der Waals surface area (Å²) < 4.78 is 11.1. The number of carbonyl (C=O) groups excluding carboxylic acids is 1. The van der Waals surface area contributed by atoms with Crippen LogP contribution in [0.1, 0.15) is 194 Å². The number of ether oxygens (including phenoxy) is 2. The van der Waals surface area contributed by atoms with Crippen LogP contribution in [0.3, 0.4) is 0 Å². The van der Waals surface area contributed by atoms with E-state index in [1.165, 1.54) is 116 Å². The van der Waals surface area contributed by atoms with Crippen molar-refractivity contribution < 1.29 is 44.9 Å². The zero-order chi connectivity index (χ0) is 37.5. The van der Waals surface area contributed by atoms with E-state index in [1.807, 2.05) is 0 Å². The van der Waals surface area contributed by atoms with Crippen molar-refractivity contribution in [3.8, 4) is 0 Å². The fourth-order valence-electron chi connectivity index (χ4n) is 7.02. The fourth-order valence-corrected chi connectivity index (χ4v) is 7.02. The summed E-state index contributed by atoms with van der Waals surface area (Å²) >= 11 is 0. The highest BCUT2D eigenvalue weighted by Gasteiger charge is 2.44. The van der Waals surface area contributed by atoms with Gasteiger partial charge in [-0.05, 0) is 12.8 Å². The highest BCUT2D eigenvalue weighted by atomic mass is 16.7. The lowest BCUT2D eigenvalue weighted by Crippen LogP contribution is -2.60. The molecule has 0 radical (unpaired) electrons. The van der Waals surface area contributed by atoms with Crippen molar-refractivity contribution >= 4 is 5.91 Å². The summed E-state index contributed by atoms with van der Waals surface area (Å²) in [6.07, 6.45) is 22.5. The third kappa shape index (κ3) is 23.5. The van der Waals surface area contributed by atoms with Crippen LogP contribution in [0.15, 0.2) is 0 Å². The molecule has 1 aliphatic heterocycles. The van der Waals surface area contributed by atoms with Crippen LogP contribution < -0.4 is 5.32 Å². The molecular formula is C41H81NO9. The molecule has 10 nitrogen and oxygen atoms in total. The minimum absolute atomic E-state index is 0.256. The molecule has 51 heavy (non-hydrogen) atoms. The van der Waals surface area contributed by atoms with Crippen molar-refractivity contribution in [3.63, 3.8) is 0 Å². The number of aliphatic hydroxyl groups is 6. The molecule has 1 aliphatic rings. The van der Waals surface area contributed by atoms with Gasteiger partial charge in [-0.25, -0.2) is 0 Å². The third-order valence-corrected chi connectivity index (χ3v) is 10.6. The average molecular weight is 732 g/mol. The summed E-state index contributed by atoms with van der Waals surface area (Å²) in [5, 5.41) is 64.9. The van der Waals surface area contributed by atoms with Gasteiger partial charge in [0, 0.05) is 6.42 Å². The molecule has 0 aromatic rings. The van der Waals surface area contributed by atoms with E-state index in [9.17, 15) is 35.4 Å². The first kappa shape index (κ1) is 48.2. The number of amides is 1. The highest BCUT2D eigenvalue weighted by Crippen LogP contribution is 2.23. The van der Waals surface area contributed by atoms with Crippen molar-refractivity contribution in [3.05, 3.63) is 0 Å². The van der Waals surface area contributed by atoms with Crippen LogP contribution in [0.25, 0.3) is 0 Å². The van der Waals surface area contributed by atoms with Crippen molar-refractivity contribution in [1.29, 1.82) is 0 Å². The largest absolute Gasteiger partial charge is 0.394 e. The number of rotatable bonds is 35. The minimum Gasteiger partial charge on any atom is -0.394 e. The van der Waals surface area contributed by atoms with Crippen LogP contribution in [-0.2, 0) is 14.3 Å². The van der Waals surface area contributed by atoms with Gasteiger partial charge in [-0.15, -0.1) is 0 Å². The Hall–Kier alpha value is -0.850. The maximum atomic E-state index is 12.9. The first-order chi connectivity index (χ1) is 24.8. The maximum absolute atomic E-state index is 12.9. The Labute approximate surface area is 311 Å². The summed E-state index contributed by atoms with van der Waals surface area (Å²) in [6, 6.07) is -0.982. The molecule has 0 aromatic carbocycles. The Kier molecular flexibility index (Phi) is 30.8. The van der Waals surface area contributed by atoms with Gasteiger partial charge in [0.1, 0.15) is 30.5 Å². The molecule has 1 saturated heterocycles. The van der Waals surface area contributed by atoms with Gasteiger partial charge >= 0.3 is 0 Å². The molecule has 0 saturated carbocycles. The molecule has 10 heteroatoms. The molecule has 7 N–H and O–H groups in total. The molecule has 8 atom stereocenters. The van der Waals surface area contributed by atoms with Crippen molar-refractivity contribution in [2.75, 3.05) is 13.2 Å². The lowest BCUT2D eigenvalue weighted by Gasteiger charge is -2.40. The number of unbranched alkanes of at least 4 members (excludes halogenated alkanes) is 24. The monoisotopic (exact) mass is 732 g/mol. The Bertz CT molecular complexity index is 788. The van der Waals surface area contributed by atoms with E-state index < -0.39 is 55.6 Å². The van der Waals surface area contributed by atoms with E-state index in [0.717, 1.165) is 51.4 Å². The summed E-state index contributed by atoms with van der Waals surface area (Å²) in [5.74, 6) is -0.256. The molecule has 0 aromatic heterocycles. The molecule has 1 heterocycles. The Morgan fingerprint density at radius 1 is 0.608 bits per heavy atom. The lowest BCUT2D eigenvalue weighted by molar-refractivity contribution is -0.303. The standard InChI is InChI=1S/C41H81NO9/c1-3-5-7-9-11-13-15-16-17-18-20-22-24-26-28-30-36(45)42-33(32-50-41-40(49)39(48)38(47)35(31-43)51-41)37(46)34(44)29-27-25-23-21-19-14-12-10-8-6-4-2/h33-35,37-41,43-44,46-49H,3-32H2,1-2H3,(H,42,45)/t33-,34+,35+,37-,38+,39?,40?,41+/m0/s1. The number of hydrogen-bond donors (Lipinski definition) is 7. The molecular weight excluding hydrogens is 650 g/mol. The molecule has 1 fully saturated rings. The smallest absolute Gasteiger partial charge is 0.220 e. The molecule has 2 unspecified atom stereocenters. The number of nitrogens with one attached hydrogen (secondary N) is 1. The van der Waals surface area contributed by atoms with Crippen LogP contribution in [0.5, 0.6) is 0 Å². The molecule has 1 amide bonds. The summed E-state index contributed by atoms with van der Waals surface area (Å²) in [7, 11) is 0. The topological polar surface area (TPSA) is 169 Å². The Morgan fingerprint density at radius 3 is 1.45 bits per heavy atom. The predicted octanol–water partition coefficient (Wildman–Crippen LogP) is 6.97. The first-order valence-corrected chi connectivity index (χ1v) is 21.3. The highest BCUT2D eigenvalue weighted by molar-refractivity contribution is 5.76. The van der Waals surface area contributed by atoms with E-state index in [4.69, 9.17) is 9.47 Å². The Balaban J connectivity index is 2.43. The van der Waals surface area contributed by atoms with Gasteiger partial charge in [0.05, 0.1) is 25.4 Å². The number of hydrogen-bond acceptors (Lipinski definition) is 9. The summed E-state index contributed by atoms with van der Waals surface area (Å²) in [4.78, 5) is 12.9. The zero-order valence-corrected chi connectivity index (χ0v) is 32.7. The maximum Gasteiger partial charge on any atom is 0.220 e. The van der Waals surface area contributed by atoms with Crippen LogP contribution in [-0.4, -0.2) is 98.7 Å². The molecule has 0 bridgehead atoms. The van der Waals surface area contributed by atoms with Crippen LogP contribution in [0, 0.1) is 0 Å².